The third-order valence-electron chi connectivity index (χ3n) is 8.11. The van der Waals surface area contributed by atoms with Crippen LogP contribution in [0.5, 0.6) is 0 Å². The average molecular weight is 531 g/mol. The molecule has 0 aliphatic heterocycles. The molecule has 0 saturated heterocycles. The third-order valence-corrected chi connectivity index (χ3v) is 8.11. The van der Waals surface area contributed by atoms with Crippen LogP contribution in [0, 0.1) is 5.92 Å². The van der Waals surface area contributed by atoms with E-state index in [-0.39, 0.29) is 0 Å². The first-order chi connectivity index (χ1) is 18.7. The summed E-state index contributed by atoms with van der Waals surface area (Å²) in [4.78, 5) is 12.1. The van der Waals surface area contributed by atoms with Gasteiger partial charge in [0, 0.05) is 12.8 Å². The molecular weight excluding hydrogens is 460 g/mol. The third kappa shape index (κ3) is 31.4. The van der Waals surface area contributed by atoms with Crippen LogP contribution in [0.15, 0.2) is 24.3 Å². The standard InChI is InChI=1S/C37H70O/c1-4-6-8-10-12-13-14-15-16-17-18-19-20-21-26-30-34-37(38)35-31-27-23-22-25-29-33-36(3)32-28-24-11-9-7-5-2/h12-13,15-16,36H,4-11,14,17-35H2,1-3H3/b13-12-,16-15-. The number of carbonyl (C=O) groups is 1. The number of rotatable bonds is 31. The lowest BCUT2D eigenvalue weighted by Crippen LogP contribution is -1.98. The van der Waals surface area contributed by atoms with Gasteiger partial charge in [0.05, 0.1) is 0 Å². The van der Waals surface area contributed by atoms with E-state index in [1.165, 1.54) is 148 Å². The van der Waals surface area contributed by atoms with Crippen molar-refractivity contribution in [2.45, 2.75) is 201 Å². The van der Waals surface area contributed by atoms with Crippen LogP contribution in [-0.2, 0) is 4.79 Å². The lowest BCUT2D eigenvalue weighted by Gasteiger charge is -2.11. The largest absolute Gasteiger partial charge is 0.300 e. The Kier molecular flexibility index (Phi) is 31.6. The fourth-order valence-electron chi connectivity index (χ4n) is 5.37. The van der Waals surface area contributed by atoms with Crippen LogP contribution >= 0.6 is 0 Å². The van der Waals surface area contributed by atoms with E-state index >= 15 is 0 Å². The molecule has 0 saturated carbocycles. The normalized spacial score (nSPS) is 12.7. The second kappa shape index (κ2) is 32.4. The van der Waals surface area contributed by atoms with Crippen LogP contribution in [0.4, 0.5) is 0 Å². The molecule has 0 aliphatic carbocycles. The monoisotopic (exact) mass is 531 g/mol. The molecule has 1 nitrogen and oxygen atoms in total. The van der Waals surface area contributed by atoms with Crippen molar-refractivity contribution in [3.8, 4) is 0 Å². The summed E-state index contributed by atoms with van der Waals surface area (Å²) in [6, 6.07) is 0. The van der Waals surface area contributed by atoms with Crippen molar-refractivity contribution in [1.82, 2.24) is 0 Å². The molecule has 1 unspecified atom stereocenters. The highest BCUT2D eigenvalue weighted by atomic mass is 16.1. The van der Waals surface area contributed by atoms with E-state index in [1.807, 2.05) is 0 Å². The number of unbranched alkanes of at least 4 members (excludes halogenated alkanes) is 19. The quantitative estimate of drug-likeness (QED) is 0.0643. The fraction of sp³-hybridized carbons (Fsp3) is 0.865. The maximum Gasteiger partial charge on any atom is 0.132 e. The minimum Gasteiger partial charge on any atom is -0.300 e. The zero-order valence-electron chi connectivity index (χ0n) is 26.6. The lowest BCUT2D eigenvalue weighted by molar-refractivity contribution is -0.119. The van der Waals surface area contributed by atoms with E-state index in [4.69, 9.17) is 0 Å². The van der Waals surface area contributed by atoms with Gasteiger partial charge in [0.2, 0.25) is 0 Å². The van der Waals surface area contributed by atoms with Crippen molar-refractivity contribution < 1.29 is 4.79 Å². The number of hydrogen-bond donors (Lipinski definition) is 0. The first kappa shape index (κ1) is 37.1. The van der Waals surface area contributed by atoms with E-state index in [1.54, 1.807) is 0 Å². The molecule has 1 atom stereocenters. The molecule has 1 heteroatoms. The molecule has 0 N–H and O–H groups in total. The maximum atomic E-state index is 12.1. The summed E-state index contributed by atoms with van der Waals surface area (Å²) in [5.74, 6) is 1.43. The van der Waals surface area contributed by atoms with Gasteiger partial charge in [-0.05, 0) is 50.9 Å². The van der Waals surface area contributed by atoms with E-state index < -0.39 is 0 Å². The first-order valence-electron chi connectivity index (χ1n) is 17.5. The number of ketones is 1. The number of allylic oxidation sites excluding steroid dienone is 4. The van der Waals surface area contributed by atoms with Crippen LogP contribution in [0.25, 0.3) is 0 Å². The van der Waals surface area contributed by atoms with Gasteiger partial charge in [0.15, 0.2) is 0 Å². The fourth-order valence-corrected chi connectivity index (χ4v) is 5.37. The smallest absolute Gasteiger partial charge is 0.132 e. The van der Waals surface area contributed by atoms with Gasteiger partial charge < -0.3 is 0 Å². The van der Waals surface area contributed by atoms with E-state index in [2.05, 4.69) is 45.1 Å². The van der Waals surface area contributed by atoms with Gasteiger partial charge in [-0.15, -0.1) is 0 Å². The predicted molar refractivity (Wildman–Crippen MR) is 173 cm³/mol. The van der Waals surface area contributed by atoms with Gasteiger partial charge >= 0.3 is 0 Å². The van der Waals surface area contributed by atoms with Gasteiger partial charge in [-0.2, -0.15) is 0 Å². The highest BCUT2D eigenvalue weighted by Gasteiger charge is 2.04. The minimum atomic E-state index is 0.512. The number of hydrogen-bond acceptors (Lipinski definition) is 1. The molecule has 0 fully saturated rings. The summed E-state index contributed by atoms with van der Waals surface area (Å²) in [6.45, 7) is 7.01. The first-order valence-corrected chi connectivity index (χ1v) is 17.5. The molecule has 0 radical (unpaired) electrons. The SMILES string of the molecule is CCCCC/C=C\C/C=C\CCCCCCCCC(=O)CCCCCCCCC(C)CCCCCCCC. The van der Waals surface area contributed by atoms with Crippen molar-refractivity contribution in [2.75, 3.05) is 0 Å². The molecule has 0 spiro atoms. The van der Waals surface area contributed by atoms with E-state index in [0.717, 1.165) is 38.0 Å². The topological polar surface area (TPSA) is 17.1 Å². The number of carbonyl (C=O) groups excluding carboxylic acids is 1. The lowest BCUT2D eigenvalue weighted by atomic mass is 9.96. The number of Topliss-reactive ketones (excluding diaryl/α,β-unsaturated/α-hetero) is 1. The summed E-state index contributed by atoms with van der Waals surface area (Å²) < 4.78 is 0. The summed E-state index contributed by atoms with van der Waals surface area (Å²) in [7, 11) is 0. The molecule has 0 aromatic carbocycles. The molecule has 0 aromatic rings. The molecule has 0 amide bonds. The van der Waals surface area contributed by atoms with E-state index in [9.17, 15) is 4.79 Å². The van der Waals surface area contributed by atoms with E-state index in [0.29, 0.717) is 5.78 Å². The summed E-state index contributed by atoms with van der Waals surface area (Å²) >= 11 is 0. The Hall–Kier alpha value is -0.850. The van der Waals surface area contributed by atoms with Crippen molar-refractivity contribution >= 4 is 5.78 Å². The highest BCUT2D eigenvalue weighted by Crippen LogP contribution is 2.19. The minimum absolute atomic E-state index is 0.512. The Morgan fingerprint density at radius 1 is 0.474 bits per heavy atom. The van der Waals surface area contributed by atoms with Crippen LogP contribution in [0.2, 0.25) is 0 Å². The Morgan fingerprint density at radius 3 is 1.34 bits per heavy atom. The van der Waals surface area contributed by atoms with Gasteiger partial charge in [0.1, 0.15) is 5.78 Å². The predicted octanol–water partition coefficient (Wildman–Crippen LogP) is 13.3. The Labute approximate surface area is 241 Å². The summed E-state index contributed by atoms with van der Waals surface area (Å²) in [6.07, 6.45) is 45.4. The highest BCUT2D eigenvalue weighted by molar-refractivity contribution is 5.78. The van der Waals surface area contributed by atoms with Crippen molar-refractivity contribution in [3.05, 3.63) is 24.3 Å². The Balaban J connectivity index is 3.30. The molecular formula is C37H70O. The van der Waals surface area contributed by atoms with Crippen LogP contribution in [-0.4, -0.2) is 5.78 Å². The van der Waals surface area contributed by atoms with Crippen LogP contribution in [0.1, 0.15) is 201 Å². The van der Waals surface area contributed by atoms with Gasteiger partial charge in [-0.3, -0.25) is 4.79 Å². The molecule has 0 aromatic heterocycles. The van der Waals surface area contributed by atoms with Crippen molar-refractivity contribution in [1.29, 1.82) is 0 Å². The summed E-state index contributed by atoms with van der Waals surface area (Å²) in [5.41, 5.74) is 0. The molecule has 38 heavy (non-hydrogen) atoms. The second-order valence-electron chi connectivity index (χ2n) is 12.2. The second-order valence-corrected chi connectivity index (χ2v) is 12.2. The van der Waals surface area contributed by atoms with Gasteiger partial charge in [-0.25, -0.2) is 0 Å². The average Bonchev–Trinajstić information content (AvgIpc) is 2.91. The van der Waals surface area contributed by atoms with Crippen molar-refractivity contribution in [3.63, 3.8) is 0 Å². The van der Waals surface area contributed by atoms with Gasteiger partial charge in [0.25, 0.3) is 0 Å². The zero-order chi connectivity index (χ0) is 27.8. The van der Waals surface area contributed by atoms with Crippen molar-refractivity contribution in [2.24, 2.45) is 5.92 Å². The van der Waals surface area contributed by atoms with Crippen LogP contribution < -0.4 is 0 Å². The maximum absolute atomic E-state index is 12.1. The summed E-state index contributed by atoms with van der Waals surface area (Å²) in [5, 5.41) is 0. The molecule has 0 bridgehead atoms. The van der Waals surface area contributed by atoms with Crippen LogP contribution in [0.3, 0.4) is 0 Å². The molecule has 0 rings (SSSR count). The zero-order valence-corrected chi connectivity index (χ0v) is 26.6. The molecule has 0 aliphatic rings. The Morgan fingerprint density at radius 2 is 0.842 bits per heavy atom. The Bertz CT molecular complexity index is 517. The molecule has 0 heterocycles. The van der Waals surface area contributed by atoms with Gasteiger partial charge in [-0.1, -0.05) is 167 Å². The molecule has 224 valence electrons.